The van der Waals surface area contributed by atoms with E-state index in [0.717, 1.165) is 28.3 Å². The van der Waals surface area contributed by atoms with Gasteiger partial charge in [0, 0.05) is 24.8 Å². The monoisotopic (exact) mass is 293 g/mol. The summed E-state index contributed by atoms with van der Waals surface area (Å²) in [7, 11) is 1.85. The molecule has 0 radical (unpaired) electrons. The molecule has 106 valence electrons. The maximum absolute atomic E-state index is 12.0. The molecule has 2 aromatic rings. The molecule has 0 fully saturated rings. The van der Waals surface area contributed by atoms with E-state index in [1.165, 1.54) is 12.1 Å². The maximum Gasteiger partial charge on any atom is 0.345 e. The molecule has 2 aromatic heterocycles. The first-order chi connectivity index (χ1) is 9.40. The Morgan fingerprint density at radius 1 is 1.35 bits per heavy atom. The average molecular weight is 293 g/mol. The van der Waals surface area contributed by atoms with E-state index in [0.29, 0.717) is 11.4 Å². The summed E-state index contributed by atoms with van der Waals surface area (Å²) in [4.78, 5) is 23.3. The van der Waals surface area contributed by atoms with Gasteiger partial charge in [0.15, 0.2) is 0 Å². The SMILES string of the molecule is Cc1nn(C)c(C)c1CNC(=O)c1ccc(C(=O)O)s1. The summed E-state index contributed by atoms with van der Waals surface area (Å²) >= 11 is 0.965. The quantitative estimate of drug-likeness (QED) is 0.899. The number of carboxylic acids is 1. The van der Waals surface area contributed by atoms with Crippen molar-refractivity contribution in [3.05, 3.63) is 38.8 Å². The third-order valence-electron chi connectivity index (χ3n) is 3.13. The molecule has 0 saturated heterocycles. The van der Waals surface area contributed by atoms with Gasteiger partial charge in [-0.3, -0.25) is 9.48 Å². The van der Waals surface area contributed by atoms with E-state index in [9.17, 15) is 9.59 Å². The lowest BCUT2D eigenvalue weighted by atomic mass is 10.2. The Labute approximate surface area is 120 Å². The zero-order valence-corrected chi connectivity index (χ0v) is 12.2. The Morgan fingerprint density at radius 3 is 2.50 bits per heavy atom. The van der Waals surface area contributed by atoms with Crippen LogP contribution in [0.25, 0.3) is 0 Å². The number of nitrogens with one attached hydrogen (secondary N) is 1. The fraction of sp³-hybridized carbons (Fsp3) is 0.308. The lowest BCUT2D eigenvalue weighted by molar-refractivity contribution is 0.0702. The van der Waals surface area contributed by atoms with Crippen LogP contribution in [0.5, 0.6) is 0 Å². The minimum atomic E-state index is -1.02. The topological polar surface area (TPSA) is 84.2 Å². The number of carbonyl (C=O) groups is 2. The van der Waals surface area contributed by atoms with Crippen LogP contribution in [0.4, 0.5) is 0 Å². The first kappa shape index (κ1) is 14.3. The van der Waals surface area contributed by atoms with Crippen LogP contribution in [-0.4, -0.2) is 26.8 Å². The number of rotatable bonds is 4. The van der Waals surface area contributed by atoms with Gasteiger partial charge in [-0.05, 0) is 26.0 Å². The summed E-state index contributed by atoms with van der Waals surface area (Å²) in [5.74, 6) is -1.29. The molecule has 20 heavy (non-hydrogen) atoms. The minimum Gasteiger partial charge on any atom is -0.477 e. The Hall–Kier alpha value is -2.15. The van der Waals surface area contributed by atoms with Crippen LogP contribution in [0.3, 0.4) is 0 Å². The summed E-state index contributed by atoms with van der Waals surface area (Å²) in [5, 5.41) is 15.9. The van der Waals surface area contributed by atoms with Gasteiger partial charge in [-0.1, -0.05) is 0 Å². The highest BCUT2D eigenvalue weighted by Crippen LogP contribution is 2.17. The highest BCUT2D eigenvalue weighted by molar-refractivity contribution is 7.15. The second kappa shape index (κ2) is 5.46. The van der Waals surface area contributed by atoms with Crippen LogP contribution < -0.4 is 5.32 Å². The molecule has 1 amide bonds. The number of hydrogen-bond acceptors (Lipinski definition) is 4. The second-order valence-electron chi connectivity index (χ2n) is 4.42. The Bertz CT molecular complexity index is 672. The summed E-state index contributed by atoms with van der Waals surface area (Å²) < 4.78 is 1.77. The van der Waals surface area contributed by atoms with E-state index in [-0.39, 0.29) is 10.8 Å². The molecule has 7 heteroatoms. The van der Waals surface area contributed by atoms with Gasteiger partial charge in [-0.25, -0.2) is 4.79 Å². The normalized spacial score (nSPS) is 10.6. The first-order valence-electron chi connectivity index (χ1n) is 6.00. The molecule has 0 saturated carbocycles. The lowest BCUT2D eigenvalue weighted by Gasteiger charge is -2.04. The average Bonchev–Trinajstić information content (AvgIpc) is 2.95. The molecule has 0 unspecified atom stereocenters. The number of amides is 1. The van der Waals surface area contributed by atoms with Crippen LogP contribution in [0.1, 0.15) is 36.3 Å². The van der Waals surface area contributed by atoms with Crippen molar-refractivity contribution in [2.45, 2.75) is 20.4 Å². The standard InChI is InChI=1S/C13H15N3O3S/c1-7-9(8(2)16(3)15-7)6-14-12(17)10-4-5-11(20-10)13(18)19/h4-5H,6H2,1-3H3,(H,14,17)(H,18,19). The van der Waals surface area contributed by atoms with Crippen molar-refractivity contribution < 1.29 is 14.7 Å². The molecule has 6 nitrogen and oxygen atoms in total. The van der Waals surface area contributed by atoms with Gasteiger partial charge in [0.1, 0.15) is 4.88 Å². The van der Waals surface area contributed by atoms with E-state index < -0.39 is 5.97 Å². The molecule has 0 aliphatic carbocycles. The highest BCUT2D eigenvalue weighted by Gasteiger charge is 2.14. The zero-order chi connectivity index (χ0) is 14.9. The van der Waals surface area contributed by atoms with Gasteiger partial charge in [0.25, 0.3) is 5.91 Å². The Morgan fingerprint density at radius 2 is 2.00 bits per heavy atom. The van der Waals surface area contributed by atoms with Crippen molar-refractivity contribution in [3.63, 3.8) is 0 Å². The fourth-order valence-electron chi connectivity index (χ4n) is 1.90. The van der Waals surface area contributed by atoms with Gasteiger partial charge < -0.3 is 10.4 Å². The number of carbonyl (C=O) groups excluding carboxylic acids is 1. The predicted octanol–water partition coefficient (Wildman–Crippen LogP) is 1.73. The predicted molar refractivity (Wildman–Crippen MR) is 75.1 cm³/mol. The third-order valence-corrected chi connectivity index (χ3v) is 4.20. The third kappa shape index (κ3) is 2.72. The van der Waals surface area contributed by atoms with Crippen LogP contribution >= 0.6 is 11.3 Å². The maximum atomic E-state index is 12.0. The van der Waals surface area contributed by atoms with E-state index in [2.05, 4.69) is 10.4 Å². The van der Waals surface area contributed by atoms with Gasteiger partial charge in [0.2, 0.25) is 0 Å². The van der Waals surface area contributed by atoms with Crippen molar-refractivity contribution in [2.75, 3.05) is 0 Å². The zero-order valence-electron chi connectivity index (χ0n) is 11.4. The van der Waals surface area contributed by atoms with E-state index in [1.807, 2.05) is 20.9 Å². The Balaban J connectivity index is 2.06. The summed E-state index contributed by atoms with van der Waals surface area (Å²) in [6.45, 7) is 4.21. The van der Waals surface area contributed by atoms with Crippen molar-refractivity contribution in [1.82, 2.24) is 15.1 Å². The molecule has 2 rings (SSSR count). The second-order valence-corrected chi connectivity index (χ2v) is 5.51. The van der Waals surface area contributed by atoms with Crippen LogP contribution in [0.2, 0.25) is 0 Å². The fourth-order valence-corrected chi connectivity index (χ4v) is 2.67. The molecular weight excluding hydrogens is 278 g/mol. The summed E-state index contributed by atoms with van der Waals surface area (Å²) in [6.07, 6.45) is 0. The number of aromatic carboxylic acids is 1. The summed E-state index contributed by atoms with van der Waals surface area (Å²) in [5.41, 5.74) is 2.86. The molecule has 0 atom stereocenters. The Kier molecular flexibility index (Phi) is 3.89. The van der Waals surface area contributed by atoms with E-state index >= 15 is 0 Å². The molecule has 0 aliphatic heterocycles. The first-order valence-corrected chi connectivity index (χ1v) is 6.82. The van der Waals surface area contributed by atoms with Crippen molar-refractivity contribution >= 4 is 23.2 Å². The number of nitrogens with zero attached hydrogens (tertiary/aromatic N) is 2. The van der Waals surface area contributed by atoms with E-state index in [4.69, 9.17) is 5.11 Å². The minimum absolute atomic E-state index is 0.156. The summed E-state index contributed by atoms with van der Waals surface area (Å²) in [6, 6.07) is 2.95. The molecule has 2 heterocycles. The largest absolute Gasteiger partial charge is 0.477 e. The number of aromatic nitrogens is 2. The molecule has 0 aliphatic rings. The van der Waals surface area contributed by atoms with Crippen molar-refractivity contribution in [2.24, 2.45) is 7.05 Å². The van der Waals surface area contributed by atoms with Crippen LogP contribution in [-0.2, 0) is 13.6 Å². The molecule has 0 spiro atoms. The lowest BCUT2D eigenvalue weighted by Crippen LogP contribution is -2.22. The molecule has 2 N–H and O–H groups in total. The number of aryl methyl sites for hydroxylation is 2. The number of thiophene rings is 1. The van der Waals surface area contributed by atoms with Crippen molar-refractivity contribution in [3.8, 4) is 0 Å². The highest BCUT2D eigenvalue weighted by atomic mass is 32.1. The van der Waals surface area contributed by atoms with Crippen molar-refractivity contribution in [1.29, 1.82) is 0 Å². The number of carboxylic acid groups (broad SMARTS) is 1. The van der Waals surface area contributed by atoms with Gasteiger partial charge in [0.05, 0.1) is 10.6 Å². The smallest absolute Gasteiger partial charge is 0.345 e. The number of hydrogen-bond donors (Lipinski definition) is 2. The van der Waals surface area contributed by atoms with Gasteiger partial charge >= 0.3 is 5.97 Å². The van der Waals surface area contributed by atoms with E-state index in [1.54, 1.807) is 4.68 Å². The molecular formula is C13H15N3O3S. The van der Waals surface area contributed by atoms with Crippen LogP contribution in [0.15, 0.2) is 12.1 Å². The molecule has 0 bridgehead atoms. The van der Waals surface area contributed by atoms with Gasteiger partial charge in [-0.2, -0.15) is 5.10 Å². The molecule has 0 aromatic carbocycles. The van der Waals surface area contributed by atoms with Gasteiger partial charge in [-0.15, -0.1) is 11.3 Å². The van der Waals surface area contributed by atoms with Crippen LogP contribution in [0, 0.1) is 13.8 Å².